The van der Waals surface area contributed by atoms with Crippen LogP contribution in [-0.4, -0.2) is 35.7 Å². The number of hydrogen-bond donors (Lipinski definition) is 1. The fourth-order valence-electron chi connectivity index (χ4n) is 2.38. The van der Waals surface area contributed by atoms with Gasteiger partial charge in [0, 0.05) is 12.6 Å². The second kappa shape index (κ2) is 4.63. The molecular weight excluding hydrogens is 174 g/mol. The Bertz CT molecular complexity index is 166. The van der Waals surface area contributed by atoms with Gasteiger partial charge in [-0.05, 0) is 38.1 Å². The molecule has 0 radical (unpaired) electrons. The zero-order valence-electron chi connectivity index (χ0n) is 10.1. The standard InChI is InChI=1S/C12H25NO/c1-12(2,3)9-13(4)10-5-7-11(14)8-6-10/h10-11,14H,5-9H2,1-4H3. The Kier molecular flexibility index (Phi) is 3.96. The first-order chi connectivity index (χ1) is 6.38. The van der Waals surface area contributed by atoms with Crippen LogP contribution in [0.25, 0.3) is 0 Å². The second-order valence-electron chi connectivity index (χ2n) is 5.94. The highest BCUT2D eigenvalue weighted by atomic mass is 16.3. The third-order valence-electron chi connectivity index (χ3n) is 3.01. The number of hydrogen-bond acceptors (Lipinski definition) is 2. The van der Waals surface area contributed by atoms with Crippen LogP contribution in [0.3, 0.4) is 0 Å². The van der Waals surface area contributed by atoms with Gasteiger partial charge in [0.25, 0.3) is 0 Å². The van der Waals surface area contributed by atoms with Crippen LogP contribution in [0.2, 0.25) is 0 Å². The lowest BCUT2D eigenvalue weighted by atomic mass is 9.89. The summed E-state index contributed by atoms with van der Waals surface area (Å²) in [6, 6.07) is 0.692. The molecule has 0 unspecified atom stereocenters. The molecule has 0 bridgehead atoms. The van der Waals surface area contributed by atoms with Gasteiger partial charge in [0.05, 0.1) is 6.10 Å². The Morgan fingerprint density at radius 2 is 1.64 bits per heavy atom. The highest BCUT2D eigenvalue weighted by molar-refractivity contribution is 4.79. The van der Waals surface area contributed by atoms with Crippen LogP contribution >= 0.6 is 0 Å². The maximum atomic E-state index is 9.42. The van der Waals surface area contributed by atoms with Crippen molar-refractivity contribution in [1.29, 1.82) is 0 Å². The number of aliphatic hydroxyl groups excluding tert-OH is 1. The molecule has 1 aliphatic carbocycles. The zero-order chi connectivity index (χ0) is 10.8. The largest absolute Gasteiger partial charge is 0.393 e. The van der Waals surface area contributed by atoms with Crippen molar-refractivity contribution in [3.05, 3.63) is 0 Å². The SMILES string of the molecule is CN(CC(C)(C)C)C1CCC(O)CC1. The van der Waals surface area contributed by atoms with E-state index in [1.807, 2.05) is 0 Å². The van der Waals surface area contributed by atoms with Gasteiger partial charge in [-0.2, -0.15) is 0 Å². The molecule has 84 valence electrons. The molecule has 0 amide bonds. The predicted octanol–water partition coefficient (Wildman–Crippen LogP) is 2.27. The first-order valence-corrected chi connectivity index (χ1v) is 5.77. The Morgan fingerprint density at radius 1 is 1.14 bits per heavy atom. The van der Waals surface area contributed by atoms with Crippen molar-refractivity contribution in [2.45, 2.75) is 58.6 Å². The smallest absolute Gasteiger partial charge is 0.0541 e. The van der Waals surface area contributed by atoms with Crippen LogP contribution in [0.4, 0.5) is 0 Å². The Morgan fingerprint density at radius 3 is 2.07 bits per heavy atom. The summed E-state index contributed by atoms with van der Waals surface area (Å²) in [5.74, 6) is 0. The second-order valence-corrected chi connectivity index (χ2v) is 5.94. The Labute approximate surface area is 88.3 Å². The van der Waals surface area contributed by atoms with E-state index in [-0.39, 0.29) is 6.10 Å². The highest BCUT2D eigenvalue weighted by Gasteiger charge is 2.24. The van der Waals surface area contributed by atoms with Crippen molar-refractivity contribution >= 4 is 0 Å². The lowest BCUT2D eigenvalue weighted by Gasteiger charge is -2.36. The molecule has 0 atom stereocenters. The molecule has 2 nitrogen and oxygen atoms in total. The van der Waals surface area contributed by atoms with Crippen LogP contribution < -0.4 is 0 Å². The number of nitrogens with zero attached hydrogens (tertiary/aromatic N) is 1. The summed E-state index contributed by atoms with van der Waals surface area (Å²) in [5.41, 5.74) is 0.380. The molecular formula is C12H25NO. The molecule has 0 saturated heterocycles. The zero-order valence-corrected chi connectivity index (χ0v) is 10.1. The molecule has 1 saturated carbocycles. The summed E-state index contributed by atoms with van der Waals surface area (Å²) in [5, 5.41) is 9.42. The summed E-state index contributed by atoms with van der Waals surface area (Å²) in [7, 11) is 2.22. The molecule has 1 rings (SSSR count). The fourth-order valence-corrected chi connectivity index (χ4v) is 2.38. The molecule has 0 aromatic heterocycles. The average molecular weight is 199 g/mol. The Hall–Kier alpha value is -0.0800. The molecule has 1 N–H and O–H groups in total. The third-order valence-corrected chi connectivity index (χ3v) is 3.01. The van der Waals surface area contributed by atoms with Gasteiger partial charge in [0.15, 0.2) is 0 Å². The third kappa shape index (κ3) is 3.97. The summed E-state index contributed by atoms with van der Waals surface area (Å²) >= 11 is 0. The molecule has 0 aromatic carbocycles. The molecule has 0 aliphatic heterocycles. The van der Waals surface area contributed by atoms with Crippen molar-refractivity contribution in [2.75, 3.05) is 13.6 Å². The van der Waals surface area contributed by atoms with Gasteiger partial charge in [0.1, 0.15) is 0 Å². The minimum Gasteiger partial charge on any atom is -0.393 e. The summed E-state index contributed by atoms with van der Waals surface area (Å²) in [6.45, 7) is 7.98. The van der Waals surface area contributed by atoms with Crippen molar-refractivity contribution in [3.8, 4) is 0 Å². The molecule has 0 heterocycles. The van der Waals surface area contributed by atoms with Crippen LogP contribution in [-0.2, 0) is 0 Å². The molecule has 2 heteroatoms. The van der Waals surface area contributed by atoms with E-state index < -0.39 is 0 Å². The van der Waals surface area contributed by atoms with Gasteiger partial charge in [0.2, 0.25) is 0 Å². The highest BCUT2D eigenvalue weighted by Crippen LogP contribution is 2.25. The topological polar surface area (TPSA) is 23.5 Å². The van der Waals surface area contributed by atoms with Gasteiger partial charge >= 0.3 is 0 Å². The Balaban J connectivity index is 2.34. The van der Waals surface area contributed by atoms with E-state index in [1.165, 1.54) is 0 Å². The van der Waals surface area contributed by atoms with Gasteiger partial charge in [-0.25, -0.2) is 0 Å². The lowest BCUT2D eigenvalue weighted by Crippen LogP contribution is -2.40. The average Bonchev–Trinajstić information content (AvgIpc) is 2.02. The van der Waals surface area contributed by atoms with E-state index in [1.54, 1.807) is 0 Å². The van der Waals surface area contributed by atoms with E-state index in [9.17, 15) is 5.11 Å². The van der Waals surface area contributed by atoms with Crippen LogP contribution in [0.15, 0.2) is 0 Å². The van der Waals surface area contributed by atoms with Gasteiger partial charge < -0.3 is 10.0 Å². The normalized spacial score (nSPS) is 29.6. The van der Waals surface area contributed by atoms with Crippen molar-refractivity contribution < 1.29 is 5.11 Å². The van der Waals surface area contributed by atoms with Gasteiger partial charge in [-0.1, -0.05) is 20.8 Å². The lowest BCUT2D eigenvalue weighted by molar-refractivity contribution is 0.0715. The van der Waals surface area contributed by atoms with Gasteiger partial charge in [-0.15, -0.1) is 0 Å². The maximum Gasteiger partial charge on any atom is 0.0541 e. The van der Waals surface area contributed by atoms with E-state index in [2.05, 4.69) is 32.7 Å². The summed E-state index contributed by atoms with van der Waals surface area (Å²) < 4.78 is 0. The van der Waals surface area contributed by atoms with Crippen molar-refractivity contribution in [2.24, 2.45) is 5.41 Å². The van der Waals surface area contributed by atoms with E-state index >= 15 is 0 Å². The number of rotatable bonds is 2. The first-order valence-electron chi connectivity index (χ1n) is 5.77. The minimum atomic E-state index is -0.0331. The van der Waals surface area contributed by atoms with Gasteiger partial charge in [-0.3, -0.25) is 0 Å². The van der Waals surface area contributed by atoms with Crippen LogP contribution in [0.5, 0.6) is 0 Å². The van der Waals surface area contributed by atoms with Crippen molar-refractivity contribution in [1.82, 2.24) is 4.90 Å². The van der Waals surface area contributed by atoms with Crippen molar-refractivity contribution in [3.63, 3.8) is 0 Å². The molecule has 1 aliphatic rings. The molecule has 14 heavy (non-hydrogen) atoms. The quantitative estimate of drug-likeness (QED) is 0.737. The fraction of sp³-hybridized carbons (Fsp3) is 1.00. The molecule has 0 aromatic rings. The van der Waals surface area contributed by atoms with E-state index in [0.717, 1.165) is 32.2 Å². The first kappa shape index (κ1) is 12.0. The van der Waals surface area contributed by atoms with E-state index in [0.29, 0.717) is 11.5 Å². The molecule has 1 fully saturated rings. The van der Waals surface area contributed by atoms with Crippen LogP contribution in [0, 0.1) is 5.41 Å². The number of aliphatic hydroxyl groups is 1. The molecule has 0 spiro atoms. The monoisotopic (exact) mass is 199 g/mol. The minimum absolute atomic E-state index is 0.0331. The van der Waals surface area contributed by atoms with Crippen LogP contribution in [0.1, 0.15) is 46.5 Å². The summed E-state index contributed by atoms with van der Waals surface area (Å²) in [4.78, 5) is 2.46. The summed E-state index contributed by atoms with van der Waals surface area (Å²) in [6.07, 6.45) is 4.26. The maximum absolute atomic E-state index is 9.42. The predicted molar refractivity (Wildman–Crippen MR) is 60.3 cm³/mol. The van der Waals surface area contributed by atoms with E-state index in [4.69, 9.17) is 0 Å².